The number of anilines is 1. The van der Waals surface area contributed by atoms with Crippen LogP contribution in [0.25, 0.3) is 10.9 Å². The first-order valence-corrected chi connectivity index (χ1v) is 10.1. The van der Waals surface area contributed by atoms with Crippen molar-refractivity contribution in [3.8, 4) is 0 Å². The number of hydrogen-bond donors (Lipinski definition) is 2. The molecule has 2 heterocycles. The number of carbonyl (C=O) groups is 1. The van der Waals surface area contributed by atoms with Crippen LogP contribution in [0.1, 0.15) is 27.9 Å². The van der Waals surface area contributed by atoms with Gasteiger partial charge in [-0.1, -0.05) is 17.7 Å². The summed E-state index contributed by atoms with van der Waals surface area (Å²) in [6.45, 7) is 7.37. The molecule has 2 aromatic carbocycles. The number of aromatic nitrogens is 1. The monoisotopic (exact) mass is 409 g/mol. The van der Waals surface area contributed by atoms with Crippen molar-refractivity contribution in [2.45, 2.75) is 33.7 Å². The fraction of sp³-hybridized carbons (Fsp3) is 0.304. The number of amides is 1. The molecule has 1 amide bonds. The third-order valence-corrected chi connectivity index (χ3v) is 5.90. The van der Waals surface area contributed by atoms with E-state index in [1.165, 1.54) is 0 Å². The highest BCUT2D eigenvalue weighted by molar-refractivity contribution is 6.32. The molecule has 0 unspecified atom stereocenters. The predicted molar refractivity (Wildman–Crippen MR) is 118 cm³/mol. The standard InChI is InChI=1S/C23H24ClN3O2/c1-13-8-14(2)10-16(9-13)25-21(28)12-27-7-6-20-18(11-27)23(29)17-4-5-19(24)15(3)22(17)26-20/h4-5,8-10H,6-7,11-12H2,1-3H3,(H,25,28)(H,26,29). The molecule has 0 aliphatic carbocycles. The summed E-state index contributed by atoms with van der Waals surface area (Å²) in [7, 11) is 0. The third-order valence-electron chi connectivity index (χ3n) is 5.49. The minimum absolute atomic E-state index is 0.0212. The van der Waals surface area contributed by atoms with Crippen molar-refractivity contribution < 1.29 is 4.79 Å². The van der Waals surface area contributed by atoms with Gasteiger partial charge in [0.1, 0.15) is 0 Å². The van der Waals surface area contributed by atoms with E-state index in [9.17, 15) is 9.59 Å². The van der Waals surface area contributed by atoms with Crippen LogP contribution in [-0.4, -0.2) is 28.9 Å². The van der Waals surface area contributed by atoms with Gasteiger partial charge in [-0.05, 0) is 61.7 Å². The van der Waals surface area contributed by atoms with Gasteiger partial charge in [0.2, 0.25) is 5.91 Å². The van der Waals surface area contributed by atoms with Crippen molar-refractivity contribution >= 4 is 34.1 Å². The number of fused-ring (bicyclic) bond motifs is 2. The average molecular weight is 410 g/mol. The van der Waals surface area contributed by atoms with Crippen molar-refractivity contribution in [3.05, 3.63) is 73.5 Å². The Morgan fingerprint density at radius 1 is 1.17 bits per heavy atom. The smallest absolute Gasteiger partial charge is 0.238 e. The van der Waals surface area contributed by atoms with Gasteiger partial charge >= 0.3 is 0 Å². The van der Waals surface area contributed by atoms with Crippen molar-refractivity contribution in [1.29, 1.82) is 0 Å². The maximum Gasteiger partial charge on any atom is 0.238 e. The Hall–Kier alpha value is -2.63. The summed E-state index contributed by atoms with van der Waals surface area (Å²) in [4.78, 5) is 31.0. The van der Waals surface area contributed by atoms with Crippen molar-refractivity contribution in [2.24, 2.45) is 0 Å². The number of carbonyl (C=O) groups excluding carboxylic acids is 1. The molecular weight excluding hydrogens is 386 g/mol. The molecule has 150 valence electrons. The highest BCUT2D eigenvalue weighted by Crippen LogP contribution is 2.25. The van der Waals surface area contributed by atoms with Gasteiger partial charge in [0.15, 0.2) is 5.43 Å². The van der Waals surface area contributed by atoms with Crippen LogP contribution in [0.3, 0.4) is 0 Å². The molecule has 1 aromatic heterocycles. The van der Waals surface area contributed by atoms with E-state index in [1.807, 2.05) is 37.8 Å². The lowest BCUT2D eigenvalue weighted by molar-refractivity contribution is -0.117. The first-order chi connectivity index (χ1) is 13.8. The lowest BCUT2D eigenvalue weighted by Gasteiger charge is -2.28. The maximum absolute atomic E-state index is 13.0. The molecule has 0 radical (unpaired) electrons. The summed E-state index contributed by atoms with van der Waals surface area (Å²) in [5.41, 5.74) is 6.43. The zero-order valence-corrected chi connectivity index (χ0v) is 17.6. The second kappa shape index (κ2) is 7.65. The minimum atomic E-state index is -0.0710. The van der Waals surface area contributed by atoms with Crippen LogP contribution in [0, 0.1) is 20.8 Å². The van der Waals surface area contributed by atoms with E-state index in [0.717, 1.165) is 39.2 Å². The van der Waals surface area contributed by atoms with Crippen LogP contribution in [0.5, 0.6) is 0 Å². The number of benzene rings is 2. The van der Waals surface area contributed by atoms with Crippen LogP contribution in [0.15, 0.2) is 35.1 Å². The topological polar surface area (TPSA) is 65.2 Å². The summed E-state index contributed by atoms with van der Waals surface area (Å²) in [5.74, 6) is -0.0710. The van der Waals surface area contributed by atoms with Gasteiger partial charge in [-0.2, -0.15) is 0 Å². The SMILES string of the molecule is Cc1cc(C)cc(NC(=O)CN2CCc3[nH]c4c(C)c(Cl)ccc4c(=O)c3C2)c1. The molecule has 5 nitrogen and oxygen atoms in total. The van der Waals surface area contributed by atoms with Gasteiger partial charge in [0.25, 0.3) is 0 Å². The van der Waals surface area contributed by atoms with E-state index in [2.05, 4.69) is 16.4 Å². The Kier molecular flexibility index (Phi) is 5.19. The molecule has 0 spiro atoms. The Morgan fingerprint density at radius 3 is 2.62 bits per heavy atom. The largest absolute Gasteiger partial charge is 0.358 e. The number of H-pyrrole nitrogens is 1. The molecular formula is C23H24ClN3O2. The van der Waals surface area contributed by atoms with Crippen molar-refractivity contribution in [1.82, 2.24) is 9.88 Å². The predicted octanol–water partition coefficient (Wildman–Crippen LogP) is 4.10. The number of nitrogens with one attached hydrogen (secondary N) is 2. The van der Waals surface area contributed by atoms with Gasteiger partial charge in [-0.15, -0.1) is 0 Å². The molecule has 0 bridgehead atoms. The summed E-state index contributed by atoms with van der Waals surface area (Å²) in [5, 5.41) is 4.26. The molecule has 0 saturated heterocycles. The summed E-state index contributed by atoms with van der Waals surface area (Å²) < 4.78 is 0. The number of hydrogen-bond acceptors (Lipinski definition) is 3. The number of aryl methyl sites for hydroxylation is 3. The molecule has 6 heteroatoms. The first kappa shape index (κ1) is 19.7. The lowest BCUT2D eigenvalue weighted by atomic mass is 10.0. The van der Waals surface area contributed by atoms with Crippen molar-refractivity contribution in [3.63, 3.8) is 0 Å². The van der Waals surface area contributed by atoms with Crippen LogP contribution in [-0.2, 0) is 17.8 Å². The van der Waals surface area contributed by atoms with Gasteiger partial charge < -0.3 is 10.3 Å². The van der Waals surface area contributed by atoms with Gasteiger partial charge in [-0.3, -0.25) is 14.5 Å². The number of halogens is 1. The van der Waals surface area contributed by atoms with E-state index in [4.69, 9.17) is 11.6 Å². The number of rotatable bonds is 3. The summed E-state index contributed by atoms with van der Waals surface area (Å²) >= 11 is 6.21. The van der Waals surface area contributed by atoms with Crippen LogP contribution < -0.4 is 10.7 Å². The Morgan fingerprint density at radius 2 is 1.90 bits per heavy atom. The second-order valence-electron chi connectivity index (χ2n) is 7.89. The zero-order valence-electron chi connectivity index (χ0n) is 16.9. The van der Waals surface area contributed by atoms with E-state index in [0.29, 0.717) is 29.9 Å². The second-order valence-corrected chi connectivity index (χ2v) is 8.30. The van der Waals surface area contributed by atoms with E-state index < -0.39 is 0 Å². The molecule has 2 N–H and O–H groups in total. The molecule has 3 aromatic rings. The third kappa shape index (κ3) is 3.93. The van der Waals surface area contributed by atoms with Crippen molar-refractivity contribution in [2.75, 3.05) is 18.4 Å². The highest BCUT2D eigenvalue weighted by atomic mass is 35.5. The maximum atomic E-state index is 13.0. The van der Waals surface area contributed by atoms with Gasteiger partial charge in [-0.25, -0.2) is 0 Å². The molecule has 0 saturated carbocycles. The van der Waals surface area contributed by atoms with Crippen LogP contribution >= 0.6 is 11.6 Å². The minimum Gasteiger partial charge on any atom is -0.358 e. The van der Waals surface area contributed by atoms with E-state index >= 15 is 0 Å². The highest BCUT2D eigenvalue weighted by Gasteiger charge is 2.23. The Balaban J connectivity index is 1.54. The Labute approximate surface area is 174 Å². The number of aromatic amines is 1. The number of pyridine rings is 1. The summed E-state index contributed by atoms with van der Waals surface area (Å²) in [6.07, 6.45) is 0.698. The molecule has 29 heavy (non-hydrogen) atoms. The van der Waals surface area contributed by atoms with E-state index in [1.54, 1.807) is 12.1 Å². The fourth-order valence-electron chi connectivity index (χ4n) is 4.10. The quantitative estimate of drug-likeness (QED) is 0.684. The zero-order chi connectivity index (χ0) is 20.7. The molecule has 0 fully saturated rings. The van der Waals surface area contributed by atoms with E-state index in [-0.39, 0.29) is 17.9 Å². The average Bonchev–Trinajstić information content (AvgIpc) is 2.65. The molecule has 0 atom stereocenters. The van der Waals surface area contributed by atoms with Crippen LogP contribution in [0.2, 0.25) is 5.02 Å². The first-order valence-electron chi connectivity index (χ1n) is 9.75. The van der Waals surface area contributed by atoms with Gasteiger partial charge in [0, 0.05) is 46.9 Å². The molecule has 4 rings (SSSR count). The number of nitrogens with zero attached hydrogens (tertiary/aromatic N) is 1. The molecule has 1 aliphatic heterocycles. The van der Waals surface area contributed by atoms with Crippen LogP contribution in [0.4, 0.5) is 5.69 Å². The summed E-state index contributed by atoms with van der Waals surface area (Å²) in [6, 6.07) is 9.53. The normalized spacial score (nSPS) is 14.1. The molecule has 1 aliphatic rings. The Bertz CT molecular complexity index is 1160. The fourth-order valence-corrected chi connectivity index (χ4v) is 4.26. The lowest BCUT2D eigenvalue weighted by Crippen LogP contribution is -2.39. The van der Waals surface area contributed by atoms with Gasteiger partial charge in [0.05, 0.1) is 12.1 Å².